The van der Waals surface area contributed by atoms with Crippen molar-refractivity contribution in [3.63, 3.8) is 0 Å². The first kappa shape index (κ1) is 13.1. The predicted octanol–water partition coefficient (Wildman–Crippen LogP) is 2.12. The monoisotopic (exact) mass is 261 g/mol. The van der Waals surface area contributed by atoms with E-state index in [1.807, 2.05) is 11.8 Å². The molecule has 0 aromatic rings. The van der Waals surface area contributed by atoms with Gasteiger partial charge in [-0.3, -0.25) is 0 Å². The fourth-order valence-electron chi connectivity index (χ4n) is 2.46. The van der Waals surface area contributed by atoms with Crippen LogP contribution in [0.5, 0.6) is 0 Å². The highest BCUT2D eigenvalue weighted by molar-refractivity contribution is 8.00. The maximum Gasteiger partial charge on any atom is 0.0889 e. The highest BCUT2D eigenvalue weighted by Gasteiger charge is 2.45. The lowest BCUT2D eigenvalue weighted by molar-refractivity contribution is -0.0254. The molecule has 16 heavy (non-hydrogen) atoms. The zero-order valence-corrected chi connectivity index (χ0v) is 11.7. The fourth-order valence-corrected chi connectivity index (χ4v) is 4.76. The zero-order valence-electron chi connectivity index (χ0n) is 10.1. The van der Waals surface area contributed by atoms with Gasteiger partial charge in [-0.05, 0) is 42.9 Å². The van der Waals surface area contributed by atoms with Crippen LogP contribution < -0.4 is 5.32 Å². The van der Waals surface area contributed by atoms with E-state index in [1.165, 1.54) is 30.8 Å². The van der Waals surface area contributed by atoms with E-state index in [0.717, 1.165) is 18.7 Å². The summed E-state index contributed by atoms with van der Waals surface area (Å²) in [5.74, 6) is 3.68. The van der Waals surface area contributed by atoms with Crippen molar-refractivity contribution in [2.75, 3.05) is 23.8 Å². The molecule has 2 atom stereocenters. The first-order valence-electron chi connectivity index (χ1n) is 6.40. The largest absolute Gasteiger partial charge is 0.387 e. The van der Waals surface area contributed by atoms with Gasteiger partial charge in [-0.2, -0.15) is 23.5 Å². The van der Waals surface area contributed by atoms with E-state index in [4.69, 9.17) is 0 Å². The Morgan fingerprint density at radius 3 is 2.69 bits per heavy atom. The SMILES string of the molecule is CCSC1CCC1(O)CNC1CCSCC1. The first-order valence-corrected chi connectivity index (χ1v) is 8.60. The highest BCUT2D eigenvalue weighted by Crippen LogP contribution is 2.40. The molecule has 2 nitrogen and oxygen atoms in total. The summed E-state index contributed by atoms with van der Waals surface area (Å²) in [6.07, 6.45) is 4.72. The van der Waals surface area contributed by atoms with Crippen molar-refractivity contribution in [3.8, 4) is 0 Å². The molecule has 0 aromatic carbocycles. The fraction of sp³-hybridized carbons (Fsp3) is 1.00. The van der Waals surface area contributed by atoms with Gasteiger partial charge in [-0.25, -0.2) is 0 Å². The normalized spacial score (nSPS) is 36.0. The second-order valence-electron chi connectivity index (χ2n) is 4.85. The minimum absolute atomic E-state index is 0.411. The third-order valence-corrected chi connectivity index (χ3v) is 6.18. The van der Waals surface area contributed by atoms with E-state index in [9.17, 15) is 5.11 Å². The molecule has 0 aromatic heterocycles. The molecular weight excluding hydrogens is 238 g/mol. The summed E-state index contributed by atoms with van der Waals surface area (Å²) >= 11 is 3.97. The minimum atomic E-state index is -0.411. The van der Waals surface area contributed by atoms with Crippen LogP contribution in [0.15, 0.2) is 0 Å². The summed E-state index contributed by atoms with van der Waals surface area (Å²) in [4.78, 5) is 0. The highest BCUT2D eigenvalue weighted by atomic mass is 32.2. The Morgan fingerprint density at radius 1 is 1.38 bits per heavy atom. The Hall–Kier alpha value is 0.620. The van der Waals surface area contributed by atoms with Crippen molar-refractivity contribution >= 4 is 23.5 Å². The van der Waals surface area contributed by atoms with Crippen LogP contribution in [0.25, 0.3) is 0 Å². The molecule has 2 unspecified atom stereocenters. The Balaban J connectivity index is 1.71. The molecule has 2 N–H and O–H groups in total. The van der Waals surface area contributed by atoms with Crippen LogP contribution in [-0.4, -0.2) is 45.8 Å². The Morgan fingerprint density at radius 2 is 2.12 bits per heavy atom. The molecule has 1 saturated carbocycles. The number of hydrogen-bond donors (Lipinski definition) is 2. The summed E-state index contributed by atoms with van der Waals surface area (Å²) < 4.78 is 0. The van der Waals surface area contributed by atoms with Crippen molar-refractivity contribution in [2.45, 2.75) is 49.5 Å². The van der Waals surface area contributed by atoms with Gasteiger partial charge in [0, 0.05) is 17.8 Å². The van der Waals surface area contributed by atoms with Gasteiger partial charge < -0.3 is 10.4 Å². The number of hydrogen-bond acceptors (Lipinski definition) is 4. The molecule has 0 radical (unpaired) electrons. The lowest BCUT2D eigenvalue weighted by Crippen LogP contribution is -2.57. The summed E-state index contributed by atoms with van der Waals surface area (Å²) in [6, 6.07) is 0.651. The first-order chi connectivity index (χ1) is 7.74. The van der Waals surface area contributed by atoms with Crippen molar-refractivity contribution in [2.24, 2.45) is 0 Å². The molecule has 1 aliphatic heterocycles. The smallest absolute Gasteiger partial charge is 0.0889 e. The molecule has 94 valence electrons. The summed E-state index contributed by atoms with van der Waals surface area (Å²) in [6.45, 7) is 2.98. The van der Waals surface area contributed by atoms with E-state index in [0.29, 0.717) is 11.3 Å². The van der Waals surface area contributed by atoms with Gasteiger partial charge in [0.2, 0.25) is 0 Å². The molecule has 0 amide bonds. The number of rotatable bonds is 5. The van der Waals surface area contributed by atoms with Crippen LogP contribution in [-0.2, 0) is 0 Å². The standard InChI is InChI=1S/C12H23NOS2/c1-2-16-11-3-6-12(11,14)9-13-10-4-7-15-8-5-10/h10-11,13-14H,2-9H2,1H3. The van der Waals surface area contributed by atoms with Crippen LogP contribution in [0.3, 0.4) is 0 Å². The Bertz CT molecular complexity index is 221. The van der Waals surface area contributed by atoms with Gasteiger partial charge in [0.15, 0.2) is 0 Å². The zero-order chi connectivity index (χ0) is 11.4. The molecule has 4 heteroatoms. The van der Waals surface area contributed by atoms with E-state index in [1.54, 1.807) is 0 Å². The molecule has 0 bridgehead atoms. The number of nitrogens with one attached hydrogen (secondary N) is 1. The quantitative estimate of drug-likeness (QED) is 0.794. The Kier molecular flexibility index (Phi) is 4.89. The maximum atomic E-state index is 10.4. The molecule has 2 aliphatic rings. The average molecular weight is 261 g/mol. The topological polar surface area (TPSA) is 32.3 Å². The van der Waals surface area contributed by atoms with Gasteiger partial charge >= 0.3 is 0 Å². The molecule has 0 spiro atoms. The van der Waals surface area contributed by atoms with Crippen LogP contribution in [0.4, 0.5) is 0 Å². The molecule has 2 fully saturated rings. The van der Waals surface area contributed by atoms with Gasteiger partial charge in [0.1, 0.15) is 0 Å². The molecule has 1 saturated heterocycles. The summed E-state index contributed by atoms with van der Waals surface area (Å²) in [5, 5.41) is 14.5. The van der Waals surface area contributed by atoms with E-state index in [2.05, 4.69) is 24.0 Å². The van der Waals surface area contributed by atoms with Crippen molar-refractivity contribution in [3.05, 3.63) is 0 Å². The number of aliphatic hydroxyl groups is 1. The molecule has 2 rings (SSSR count). The van der Waals surface area contributed by atoms with Crippen molar-refractivity contribution in [1.82, 2.24) is 5.32 Å². The van der Waals surface area contributed by atoms with E-state index < -0.39 is 5.60 Å². The average Bonchev–Trinajstić information content (AvgIpc) is 2.33. The minimum Gasteiger partial charge on any atom is -0.387 e. The lowest BCUT2D eigenvalue weighted by Gasteiger charge is -2.46. The molecule has 1 heterocycles. The third kappa shape index (κ3) is 3.09. The van der Waals surface area contributed by atoms with E-state index >= 15 is 0 Å². The van der Waals surface area contributed by atoms with Crippen molar-refractivity contribution in [1.29, 1.82) is 0 Å². The van der Waals surface area contributed by atoms with Crippen molar-refractivity contribution < 1.29 is 5.11 Å². The third-order valence-electron chi connectivity index (χ3n) is 3.72. The van der Waals surface area contributed by atoms with E-state index in [-0.39, 0.29) is 0 Å². The summed E-state index contributed by atoms with van der Waals surface area (Å²) in [5.41, 5.74) is -0.411. The lowest BCUT2D eigenvalue weighted by atomic mass is 9.79. The second kappa shape index (κ2) is 5.98. The second-order valence-corrected chi connectivity index (χ2v) is 7.56. The summed E-state index contributed by atoms with van der Waals surface area (Å²) in [7, 11) is 0. The van der Waals surface area contributed by atoms with Gasteiger partial charge in [0.05, 0.1) is 5.60 Å². The van der Waals surface area contributed by atoms with Gasteiger partial charge in [-0.15, -0.1) is 0 Å². The maximum absolute atomic E-state index is 10.4. The van der Waals surface area contributed by atoms with Crippen LogP contribution >= 0.6 is 23.5 Å². The van der Waals surface area contributed by atoms with Crippen LogP contribution in [0.2, 0.25) is 0 Å². The molecule has 1 aliphatic carbocycles. The number of thioether (sulfide) groups is 2. The van der Waals surface area contributed by atoms with Gasteiger partial charge in [0.25, 0.3) is 0 Å². The Labute approximate surface area is 107 Å². The molecular formula is C12H23NOS2. The predicted molar refractivity (Wildman–Crippen MR) is 74.5 cm³/mol. The van der Waals surface area contributed by atoms with Crippen LogP contribution in [0.1, 0.15) is 32.6 Å². The van der Waals surface area contributed by atoms with Gasteiger partial charge in [-0.1, -0.05) is 6.92 Å². The van der Waals surface area contributed by atoms with Crippen LogP contribution in [0, 0.1) is 0 Å².